The predicted molar refractivity (Wildman–Crippen MR) is 147 cm³/mol. The number of aromatic nitrogens is 1. The highest BCUT2D eigenvalue weighted by Crippen LogP contribution is 2.44. The first-order valence-corrected chi connectivity index (χ1v) is 13.5. The van der Waals surface area contributed by atoms with Gasteiger partial charge in [0, 0.05) is 25.3 Å². The Morgan fingerprint density at radius 3 is 2.52 bits per heavy atom. The van der Waals surface area contributed by atoms with Crippen LogP contribution in [0.15, 0.2) is 28.7 Å². The average molecular weight is 562 g/mol. The molecule has 40 heavy (non-hydrogen) atoms. The molecule has 1 N–H and O–H groups in total. The molecule has 1 aromatic heterocycles. The lowest BCUT2D eigenvalue weighted by Crippen LogP contribution is -2.37. The lowest BCUT2D eigenvalue weighted by molar-refractivity contribution is 0.0374. The number of anilines is 1. The van der Waals surface area contributed by atoms with Crippen molar-refractivity contribution in [3.8, 4) is 5.75 Å². The Morgan fingerprint density at radius 1 is 1.23 bits per heavy atom. The quantitative estimate of drug-likeness (QED) is 0.275. The summed E-state index contributed by atoms with van der Waals surface area (Å²) in [5.41, 5.74) is -0.325. The summed E-state index contributed by atoms with van der Waals surface area (Å²) in [6.07, 6.45) is 2.56. The number of halogens is 2. The van der Waals surface area contributed by atoms with Crippen LogP contribution in [0.1, 0.15) is 76.7 Å². The van der Waals surface area contributed by atoms with E-state index in [2.05, 4.69) is 5.32 Å². The third-order valence-corrected chi connectivity index (χ3v) is 6.58. The molecule has 1 aliphatic heterocycles. The van der Waals surface area contributed by atoms with Crippen LogP contribution in [0.4, 0.5) is 19.3 Å². The molecule has 1 saturated heterocycles. The molecule has 4 rings (SSSR count). The van der Waals surface area contributed by atoms with Crippen molar-refractivity contribution in [1.82, 2.24) is 9.88 Å². The number of amides is 1. The van der Waals surface area contributed by atoms with Crippen LogP contribution in [0.3, 0.4) is 0 Å². The zero-order chi connectivity index (χ0) is 29.4. The molecular formula is C29H37F2N3O6. The molecule has 2 aromatic rings. The van der Waals surface area contributed by atoms with Crippen molar-refractivity contribution in [3.63, 3.8) is 0 Å². The maximum atomic E-state index is 15.8. The minimum absolute atomic E-state index is 0.0290. The van der Waals surface area contributed by atoms with Gasteiger partial charge in [-0.2, -0.15) is 0 Å². The number of nitrogens with one attached hydrogen (secondary N) is 1. The Labute approximate surface area is 232 Å². The summed E-state index contributed by atoms with van der Waals surface area (Å²) in [6.45, 7) is 9.10. The molecule has 1 unspecified atom stereocenters. The van der Waals surface area contributed by atoms with Crippen LogP contribution < -0.4 is 20.4 Å². The van der Waals surface area contributed by atoms with E-state index < -0.39 is 41.3 Å². The molecule has 2 aliphatic rings. The molecule has 1 amide bonds. The third kappa shape index (κ3) is 6.56. The molecule has 0 bridgehead atoms. The van der Waals surface area contributed by atoms with Crippen molar-refractivity contribution in [2.24, 2.45) is 0 Å². The van der Waals surface area contributed by atoms with Gasteiger partial charge >= 0.3 is 12.1 Å². The van der Waals surface area contributed by atoms with E-state index in [9.17, 15) is 18.8 Å². The zero-order valence-corrected chi connectivity index (χ0v) is 23.8. The van der Waals surface area contributed by atoms with E-state index in [0.717, 1.165) is 18.9 Å². The van der Waals surface area contributed by atoms with Gasteiger partial charge in [0.1, 0.15) is 16.9 Å². The second kappa shape index (κ2) is 11.5. The number of hydrogen-bond acceptors (Lipinski definition) is 7. The molecule has 0 radical (unpaired) electrons. The van der Waals surface area contributed by atoms with Gasteiger partial charge in [-0.3, -0.25) is 10.1 Å². The minimum atomic E-state index is -1.78. The number of fused-ring (bicyclic) bond motifs is 1. The van der Waals surface area contributed by atoms with Crippen molar-refractivity contribution < 1.29 is 32.6 Å². The normalized spacial score (nSPS) is 17.7. The van der Waals surface area contributed by atoms with Gasteiger partial charge in [-0.25, -0.2) is 18.4 Å². The summed E-state index contributed by atoms with van der Waals surface area (Å²) < 4.78 is 48.4. The van der Waals surface area contributed by atoms with E-state index in [1.165, 1.54) is 19.4 Å². The van der Waals surface area contributed by atoms with Gasteiger partial charge in [-0.05, 0) is 72.4 Å². The van der Waals surface area contributed by atoms with Crippen LogP contribution in [0.5, 0.6) is 5.75 Å². The van der Waals surface area contributed by atoms with Crippen LogP contribution in [0, 0.1) is 5.82 Å². The van der Waals surface area contributed by atoms with E-state index in [1.54, 1.807) is 44.1 Å². The SMILES string of the molecule is COc1c(N2CCCC(=CC(F)NC(=O)OC(C)(C)C)C2)c(F)cc2c(=O)c(C(=O)OC(C)C)cn(C3CC3)c12. The summed E-state index contributed by atoms with van der Waals surface area (Å²) in [6, 6.07) is 1.17. The van der Waals surface area contributed by atoms with Gasteiger partial charge in [0.2, 0.25) is 5.43 Å². The van der Waals surface area contributed by atoms with Crippen molar-refractivity contribution in [2.75, 3.05) is 25.1 Å². The van der Waals surface area contributed by atoms with Gasteiger partial charge in [0.05, 0.1) is 24.1 Å². The van der Waals surface area contributed by atoms with E-state index in [4.69, 9.17) is 14.2 Å². The molecule has 2 heterocycles. The molecule has 1 atom stereocenters. The van der Waals surface area contributed by atoms with Gasteiger partial charge in [-0.15, -0.1) is 0 Å². The number of hydrogen-bond donors (Lipinski definition) is 1. The largest absolute Gasteiger partial charge is 0.492 e. The number of methoxy groups -OCH3 is 1. The fraction of sp³-hybridized carbons (Fsp3) is 0.552. The highest BCUT2D eigenvalue weighted by Gasteiger charge is 2.32. The third-order valence-electron chi connectivity index (χ3n) is 6.58. The van der Waals surface area contributed by atoms with Crippen molar-refractivity contribution in [2.45, 2.75) is 84.3 Å². The number of benzene rings is 1. The number of carbonyl (C=O) groups excluding carboxylic acids is 2. The fourth-order valence-electron chi connectivity index (χ4n) is 4.89. The standard InChI is InChI=1S/C29H37F2N3O6/c1-16(2)39-27(36)20-15-34(18-9-10-18)23-19(25(20)35)13-21(30)24(26(23)38-6)33-11-7-8-17(14-33)12-22(31)32-28(37)40-29(3,4)5/h12-13,15-16,18,22H,7-11,14H2,1-6H3,(H,32,37). The highest BCUT2D eigenvalue weighted by molar-refractivity contribution is 5.97. The number of ether oxygens (including phenoxy) is 3. The Morgan fingerprint density at radius 2 is 1.93 bits per heavy atom. The molecule has 0 spiro atoms. The van der Waals surface area contributed by atoms with Crippen molar-refractivity contribution in [1.29, 1.82) is 0 Å². The molecule has 2 fully saturated rings. The molecule has 218 valence electrons. The summed E-state index contributed by atoms with van der Waals surface area (Å²) in [5, 5.41) is 2.19. The predicted octanol–water partition coefficient (Wildman–Crippen LogP) is 5.40. The Balaban J connectivity index is 1.71. The monoisotopic (exact) mass is 561 g/mol. The summed E-state index contributed by atoms with van der Waals surface area (Å²) in [7, 11) is 1.41. The Bertz CT molecular complexity index is 1390. The second-order valence-electron chi connectivity index (χ2n) is 11.5. The summed E-state index contributed by atoms with van der Waals surface area (Å²) in [5.74, 6) is -1.28. The van der Waals surface area contributed by atoms with Crippen LogP contribution in [-0.4, -0.2) is 54.8 Å². The van der Waals surface area contributed by atoms with Gasteiger partial charge < -0.3 is 23.7 Å². The number of carbonyl (C=O) groups is 2. The zero-order valence-electron chi connectivity index (χ0n) is 23.8. The van der Waals surface area contributed by atoms with Crippen LogP contribution in [0.2, 0.25) is 0 Å². The molecule has 11 heteroatoms. The molecule has 1 aliphatic carbocycles. The van der Waals surface area contributed by atoms with Gasteiger partial charge in [0.25, 0.3) is 0 Å². The van der Waals surface area contributed by atoms with Crippen LogP contribution >= 0.6 is 0 Å². The number of pyridine rings is 1. The second-order valence-corrected chi connectivity index (χ2v) is 11.5. The number of nitrogens with zero attached hydrogens (tertiary/aromatic N) is 2. The molecule has 9 nitrogen and oxygen atoms in total. The lowest BCUT2D eigenvalue weighted by atomic mass is 10.0. The van der Waals surface area contributed by atoms with Crippen LogP contribution in [0.25, 0.3) is 10.9 Å². The maximum Gasteiger partial charge on any atom is 0.410 e. The van der Waals surface area contributed by atoms with Crippen molar-refractivity contribution in [3.05, 3.63) is 45.5 Å². The van der Waals surface area contributed by atoms with E-state index in [0.29, 0.717) is 30.5 Å². The maximum absolute atomic E-state index is 15.8. The van der Waals surface area contributed by atoms with E-state index in [1.807, 2.05) is 0 Å². The van der Waals surface area contributed by atoms with Crippen molar-refractivity contribution >= 4 is 28.7 Å². The number of rotatable bonds is 7. The molecule has 1 saturated carbocycles. The van der Waals surface area contributed by atoms with Gasteiger partial charge in [-0.1, -0.05) is 5.57 Å². The lowest BCUT2D eigenvalue weighted by Gasteiger charge is -2.33. The Kier molecular flexibility index (Phi) is 8.41. The molecular weight excluding hydrogens is 524 g/mol. The first kappa shape index (κ1) is 29.4. The minimum Gasteiger partial charge on any atom is -0.492 e. The van der Waals surface area contributed by atoms with Crippen LogP contribution in [-0.2, 0) is 9.47 Å². The fourth-order valence-corrected chi connectivity index (χ4v) is 4.89. The summed E-state index contributed by atoms with van der Waals surface area (Å²) >= 11 is 0. The van der Waals surface area contributed by atoms with E-state index >= 15 is 4.39 Å². The smallest absolute Gasteiger partial charge is 0.410 e. The first-order valence-electron chi connectivity index (χ1n) is 13.5. The Hall–Kier alpha value is -3.63. The van der Waals surface area contributed by atoms with E-state index in [-0.39, 0.29) is 35.0 Å². The number of alkyl halides is 1. The first-order chi connectivity index (χ1) is 18.8. The topological polar surface area (TPSA) is 99.1 Å². The average Bonchev–Trinajstić information content (AvgIpc) is 3.67. The van der Waals surface area contributed by atoms with Gasteiger partial charge in [0.15, 0.2) is 17.9 Å². The number of piperidine rings is 1. The highest BCUT2D eigenvalue weighted by atomic mass is 19.1. The summed E-state index contributed by atoms with van der Waals surface area (Å²) in [4.78, 5) is 39.7. The number of esters is 1. The molecule has 1 aromatic carbocycles. The number of alkyl carbamates (subject to hydrolysis) is 1.